The molecule has 1 spiro atoms. The van der Waals surface area contributed by atoms with Crippen molar-refractivity contribution in [1.29, 1.82) is 0 Å². The number of carbonyl (C=O) groups excluding carboxylic acids is 1. The van der Waals surface area contributed by atoms with Gasteiger partial charge in [0, 0.05) is 49.0 Å². The van der Waals surface area contributed by atoms with E-state index in [0.717, 1.165) is 41.6 Å². The fourth-order valence-electron chi connectivity index (χ4n) is 4.84. The molecule has 1 aromatic carbocycles. The summed E-state index contributed by atoms with van der Waals surface area (Å²) >= 11 is 0. The third kappa shape index (κ3) is 3.40. The second kappa shape index (κ2) is 7.21. The maximum absolute atomic E-state index is 13.6. The lowest BCUT2D eigenvalue weighted by molar-refractivity contribution is -0.137. The Labute approximate surface area is 177 Å². The quantitative estimate of drug-likeness (QED) is 0.598. The van der Waals surface area contributed by atoms with Crippen LogP contribution in [0.5, 0.6) is 0 Å². The fourth-order valence-corrected chi connectivity index (χ4v) is 4.84. The average Bonchev–Trinajstić information content (AvgIpc) is 3.08. The van der Waals surface area contributed by atoms with Gasteiger partial charge in [-0.25, -0.2) is 4.98 Å². The predicted molar refractivity (Wildman–Crippen MR) is 112 cm³/mol. The smallest absolute Gasteiger partial charge is 0.356 e. The minimum Gasteiger partial charge on any atom is -0.356 e. The molecule has 1 atom stereocenters. The number of amides is 1. The third-order valence-electron chi connectivity index (χ3n) is 6.44. The van der Waals surface area contributed by atoms with Crippen LogP contribution in [0.3, 0.4) is 0 Å². The van der Waals surface area contributed by atoms with Gasteiger partial charge in [-0.3, -0.25) is 9.78 Å². The summed E-state index contributed by atoms with van der Waals surface area (Å²) in [7, 11) is 0. The highest BCUT2D eigenvalue weighted by Crippen LogP contribution is 2.44. The molecule has 2 aliphatic heterocycles. The first-order chi connectivity index (χ1) is 14.9. The number of carbonyl (C=O) groups is 1. The second-order valence-corrected chi connectivity index (χ2v) is 8.29. The molecule has 0 aliphatic carbocycles. The van der Waals surface area contributed by atoms with Crippen LogP contribution in [0.2, 0.25) is 0 Å². The van der Waals surface area contributed by atoms with E-state index in [2.05, 4.69) is 9.97 Å². The maximum Gasteiger partial charge on any atom is 0.417 e. The molecule has 8 heteroatoms. The highest BCUT2D eigenvalue weighted by molar-refractivity contribution is 6.07. The second-order valence-electron chi connectivity index (χ2n) is 8.29. The Hall–Kier alpha value is -3.16. The Morgan fingerprint density at radius 3 is 2.65 bits per heavy atom. The molecule has 0 saturated carbocycles. The number of nitrogens with zero attached hydrogens (tertiary/aromatic N) is 4. The summed E-state index contributed by atoms with van der Waals surface area (Å²) in [5.41, 5.74) is -0.430. The summed E-state index contributed by atoms with van der Waals surface area (Å²) in [5.74, 6) is 0.558. The van der Waals surface area contributed by atoms with Crippen LogP contribution in [0.15, 0.2) is 55.0 Å². The van der Waals surface area contributed by atoms with Gasteiger partial charge in [-0.05, 0) is 43.5 Å². The van der Waals surface area contributed by atoms with Crippen molar-refractivity contribution in [2.75, 3.05) is 29.4 Å². The number of benzene rings is 1. The number of hydrogen-bond donors (Lipinski definition) is 0. The molecule has 1 amide bonds. The van der Waals surface area contributed by atoms with Crippen LogP contribution in [0, 0.1) is 5.41 Å². The summed E-state index contributed by atoms with van der Waals surface area (Å²) in [6.07, 6.45) is 2.24. The zero-order valence-corrected chi connectivity index (χ0v) is 16.8. The molecule has 1 unspecified atom stereocenters. The molecule has 5 nitrogen and oxygen atoms in total. The molecule has 31 heavy (non-hydrogen) atoms. The number of piperidine rings is 1. The average molecular weight is 426 g/mol. The van der Waals surface area contributed by atoms with E-state index in [1.165, 1.54) is 6.07 Å². The highest BCUT2D eigenvalue weighted by Gasteiger charge is 2.49. The lowest BCUT2D eigenvalue weighted by Crippen LogP contribution is -2.48. The van der Waals surface area contributed by atoms with E-state index in [-0.39, 0.29) is 5.91 Å². The van der Waals surface area contributed by atoms with E-state index in [1.807, 2.05) is 34.1 Å². The molecule has 2 fully saturated rings. The molecule has 5 rings (SSSR count). The zero-order valence-electron chi connectivity index (χ0n) is 16.8. The van der Waals surface area contributed by atoms with Gasteiger partial charge in [-0.1, -0.05) is 12.1 Å². The lowest BCUT2D eigenvalue weighted by Gasteiger charge is -2.39. The third-order valence-corrected chi connectivity index (χ3v) is 6.44. The molecular formula is C23H21F3N4O. The van der Waals surface area contributed by atoms with Gasteiger partial charge in [0.2, 0.25) is 5.91 Å². The van der Waals surface area contributed by atoms with Crippen molar-refractivity contribution in [2.24, 2.45) is 5.41 Å². The molecule has 3 aromatic rings. The van der Waals surface area contributed by atoms with Crippen molar-refractivity contribution < 1.29 is 18.0 Å². The molecule has 2 saturated heterocycles. The Morgan fingerprint density at radius 2 is 1.87 bits per heavy atom. The van der Waals surface area contributed by atoms with E-state index in [0.29, 0.717) is 31.9 Å². The lowest BCUT2D eigenvalue weighted by atomic mass is 9.78. The van der Waals surface area contributed by atoms with Crippen molar-refractivity contribution in [3.05, 3.63) is 60.6 Å². The maximum atomic E-state index is 13.6. The van der Waals surface area contributed by atoms with E-state index >= 15 is 0 Å². The number of fused-ring (bicyclic) bond motifs is 1. The highest BCUT2D eigenvalue weighted by atomic mass is 19.4. The van der Waals surface area contributed by atoms with Crippen molar-refractivity contribution >= 4 is 28.2 Å². The number of hydrogen-bond acceptors (Lipinski definition) is 4. The summed E-state index contributed by atoms with van der Waals surface area (Å²) in [4.78, 5) is 25.6. The van der Waals surface area contributed by atoms with Crippen molar-refractivity contribution in [3.8, 4) is 0 Å². The number of rotatable bonds is 2. The number of pyridine rings is 2. The normalized spacial score (nSPS) is 22.0. The van der Waals surface area contributed by atoms with Crippen molar-refractivity contribution in [2.45, 2.75) is 25.4 Å². The van der Waals surface area contributed by atoms with Crippen molar-refractivity contribution in [3.63, 3.8) is 0 Å². The van der Waals surface area contributed by atoms with E-state index < -0.39 is 17.2 Å². The Morgan fingerprint density at radius 1 is 1.00 bits per heavy atom. The van der Waals surface area contributed by atoms with E-state index in [4.69, 9.17) is 0 Å². The SMILES string of the molecule is O=C1N(c2cccc3cnccc23)CCC12CCCN(c1ccc(C(F)(F)F)cn1)C2. The molecular weight excluding hydrogens is 405 g/mol. The van der Waals surface area contributed by atoms with Gasteiger partial charge in [-0.2, -0.15) is 13.2 Å². The van der Waals surface area contributed by atoms with Gasteiger partial charge in [-0.15, -0.1) is 0 Å². The minimum absolute atomic E-state index is 0.0772. The Bertz CT molecular complexity index is 1130. The Balaban J connectivity index is 1.41. The van der Waals surface area contributed by atoms with Crippen LogP contribution in [0.4, 0.5) is 24.7 Å². The molecule has 0 radical (unpaired) electrons. The first-order valence-electron chi connectivity index (χ1n) is 10.3. The predicted octanol–water partition coefficient (Wildman–Crippen LogP) is 4.67. The molecule has 160 valence electrons. The van der Waals surface area contributed by atoms with Gasteiger partial charge >= 0.3 is 6.18 Å². The molecule has 4 heterocycles. The largest absolute Gasteiger partial charge is 0.417 e. The number of anilines is 2. The van der Waals surface area contributed by atoms with Gasteiger partial charge in [0.15, 0.2) is 0 Å². The fraction of sp³-hybridized carbons (Fsp3) is 0.348. The first-order valence-corrected chi connectivity index (χ1v) is 10.3. The van der Waals surface area contributed by atoms with Crippen molar-refractivity contribution in [1.82, 2.24) is 9.97 Å². The standard InChI is InChI=1S/C23H21F3N4O/c24-23(25,26)17-5-6-20(28-14-17)29-11-2-8-22(15-29)9-12-30(21(22)31)19-4-1-3-16-13-27-10-7-18(16)19/h1,3-7,10,13-14H,2,8-9,11-12,15H2. The summed E-state index contributed by atoms with van der Waals surface area (Å²) in [6, 6.07) is 10.2. The van der Waals surface area contributed by atoms with Crippen LogP contribution < -0.4 is 9.80 Å². The zero-order chi connectivity index (χ0) is 21.6. The van der Waals surface area contributed by atoms with Gasteiger partial charge in [0.05, 0.1) is 16.7 Å². The van der Waals surface area contributed by atoms with Crippen LogP contribution >= 0.6 is 0 Å². The minimum atomic E-state index is -4.41. The summed E-state index contributed by atoms with van der Waals surface area (Å²) < 4.78 is 38.6. The van der Waals surface area contributed by atoms with Gasteiger partial charge < -0.3 is 9.80 Å². The van der Waals surface area contributed by atoms with E-state index in [1.54, 1.807) is 12.4 Å². The van der Waals surface area contributed by atoms with Gasteiger partial charge in [0.25, 0.3) is 0 Å². The first kappa shape index (κ1) is 19.8. The number of halogens is 3. The Kier molecular flexibility index (Phi) is 4.60. The van der Waals surface area contributed by atoms with E-state index in [9.17, 15) is 18.0 Å². The summed E-state index contributed by atoms with van der Waals surface area (Å²) in [5, 5.41) is 1.97. The van der Waals surface area contributed by atoms with Crippen LogP contribution in [-0.4, -0.2) is 35.5 Å². The van der Waals surface area contributed by atoms with Crippen LogP contribution in [0.1, 0.15) is 24.8 Å². The summed E-state index contributed by atoms with van der Waals surface area (Å²) in [6.45, 7) is 1.76. The van der Waals surface area contributed by atoms with Gasteiger partial charge in [0.1, 0.15) is 5.82 Å². The van der Waals surface area contributed by atoms with Crippen LogP contribution in [0.25, 0.3) is 10.8 Å². The molecule has 2 aromatic heterocycles. The topological polar surface area (TPSA) is 49.3 Å². The molecule has 0 N–H and O–H groups in total. The monoisotopic (exact) mass is 426 g/mol. The van der Waals surface area contributed by atoms with Crippen LogP contribution in [-0.2, 0) is 11.0 Å². The number of aromatic nitrogens is 2. The number of alkyl halides is 3. The molecule has 0 bridgehead atoms. The molecule has 2 aliphatic rings.